The van der Waals surface area contributed by atoms with Crippen molar-refractivity contribution < 1.29 is 24.3 Å². The molecule has 10 heteroatoms. The number of aliphatic carboxylic acids is 1. The van der Waals surface area contributed by atoms with Gasteiger partial charge in [-0.15, -0.1) is 0 Å². The lowest BCUT2D eigenvalue weighted by molar-refractivity contribution is -0.141. The van der Waals surface area contributed by atoms with Crippen molar-refractivity contribution in [2.45, 2.75) is 51.9 Å². The number of thiol groups is 1. The summed E-state index contributed by atoms with van der Waals surface area (Å²) in [6.07, 6.45) is 0. The Morgan fingerprint density at radius 1 is 0.917 bits per heavy atom. The predicted octanol–water partition coefficient (Wildman–Crippen LogP) is -1.52. The molecule has 6 N–H and O–H groups in total. The van der Waals surface area contributed by atoms with Crippen LogP contribution < -0.4 is 21.7 Å². The van der Waals surface area contributed by atoms with Crippen LogP contribution in [0.3, 0.4) is 0 Å². The van der Waals surface area contributed by atoms with Crippen LogP contribution in [0.5, 0.6) is 0 Å². The largest absolute Gasteiger partial charge is 0.480 e. The van der Waals surface area contributed by atoms with E-state index >= 15 is 0 Å². The molecule has 24 heavy (non-hydrogen) atoms. The molecule has 0 aromatic heterocycles. The number of rotatable bonds is 9. The Bertz CT molecular complexity index is 486. The van der Waals surface area contributed by atoms with Gasteiger partial charge in [0, 0.05) is 5.75 Å². The van der Waals surface area contributed by atoms with Gasteiger partial charge < -0.3 is 26.8 Å². The fourth-order valence-corrected chi connectivity index (χ4v) is 1.81. The lowest BCUT2D eigenvalue weighted by Gasteiger charge is -2.22. The molecule has 0 fully saturated rings. The van der Waals surface area contributed by atoms with Gasteiger partial charge in [-0.25, -0.2) is 4.79 Å². The van der Waals surface area contributed by atoms with E-state index in [1.54, 1.807) is 13.8 Å². The Balaban J connectivity index is 4.55. The highest BCUT2D eigenvalue weighted by Crippen LogP contribution is 1.99. The fourth-order valence-electron chi connectivity index (χ4n) is 1.56. The standard InChI is InChI=1S/C14H26N4O5S/c1-6(2)10(15)13(21)17-7(3)11(19)16-8(4)12(20)18-9(5-24)14(22)23/h6-10,24H,5,15H2,1-4H3,(H,16,19)(H,17,21)(H,18,20)(H,22,23). The van der Waals surface area contributed by atoms with Crippen molar-refractivity contribution in [1.82, 2.24) is 16.0 Å². The lowest BCUT2D eigenvalue weighted by atomic mass is 10.0. The van der Waals surface area contributed by atoms with Crippen LogP contribution >= 0.6 is 12.6 Å². The van der Waals surface area contributed by atoms with E-state index in [0.29, 0.717) is 0 Å². The molecule has 0 saturated carbocycles. The third-order valence-corrected chi connectivity index (χ3v) is 3.69. The van der Waals surface area contributed by atoms with Crippen molar-refractivity contribution >= 4 is 36.3 Å². The third kappa shape index (κ3) is 7.18. The van der Waals surface area contributed by atoms with E-state index in [1.165, 1.54) is 13.8 Å². The van der Waals surface area contributed by atoms with E-state index in [-0.39, 0.29) is 11.7 Å². The van der Waals surface area contributed by atoms with Gasteiger partial charge in [0.1, 0.15) is 18.1 Å². The molecular weight excluding hydrogens is 336 g/mol. The maximum Gasteiger partial charge on any atom is 0.327 e. The van der Waals surface area contributed by atoms with E-state index in [1.807, 2.05) is 0 Å². The topological polar surface area (TPSA) is 151 Å². The summed E-state index contributed by atoms with van der Waals surface area (Å²) in [6.45, 7) is 6.42. The molecule has 4 unspecified atom stereocenters. The van der Waals surface area contributed by atoms with Gasteiger partial charge in [-0.1, -0.05) is 13.8 Å². The summed E-state index contributed by atoms with van der Waals surface area (Å²) in [4.78, 5) is 46.5. The van der Waals surface area contributed by atoms with E-state index in [4.69, 9.17) is 10.8 Å². The number of carbonyl (C=O) groups is 4. The molecule has 3 amide bonds. The summed E-state index contributed by atoms with van der Waals surface area (Å²) < 4.78 is 0. The van der Waals surface area contributed by atoms with E-state index in [2.05, 4.69) is 28.6 Å². The van der Waals surface area contributed by atoms with Crippen LogP contribution in [0.1, 0.15) is 27.7 Å². The average molecular weight is 362 g/mol. The first-order valence-corrected chi connectivity index (χ1v) is 8.14. The van der Waals surface area contributed by atoms with Gasteiger partial charge >= 0.3 is 5.97 Å². The second-order valence-electron chi connectivity index (χ2n) is 5.81. The molecule has 0 spiro atoms. The fraction of sp³-hybridized carbons (Fsp3) is 0.714. The maximum atomic E-state index is 12.0. The first kappa shape index (κ1) is 22.2. The minimum absolute atomic E-state index is 0.0821. The molecular formula is C14H26N4O5S. The van der Waals surface area contributed by atoms with Crippen LogP contribution in [0, 0.1) is 5.92 Å². The van der Waals surface area contributed by atoms with Crippen molar-refractivity contribution in [2.75, 3.05) is 5.75 Å². The summed E-state index contributed by atoms with van der Waals surface area (Å²) in [6, 6.07) is -3.76. The summed E-state index contributed by atoms with van der Waals surface area (Å²) in [7, 11) is 0. The minimum atomic E-state index is -1.22. The molecule has 0 aliphatic rings. The van der Waals surface area contributed by atoms with E-state index < -0.39 is 47.9 Å². The number of amides is 3. The van der Waals surface area contributed by atoms with Gasteiger partial charge in [0.25, 0.3) is 0 Å². The third-order valence-electron chi connectivity index (χ3n) is 3.32. The Morgan fingerprint density at radius 2 is 1.33 bits per heavy atom. The molecule has 0 radical (unpaired) electrons. The SMILES string of the molecule is CC(NC(=O)C(C)NC(=O)C(N)C(C)C)C(=O)NC(CS)C(=O)O. The Hall–Kier alpha value is -1.81. The van der Waals surface area contributed by atoms with E-state index in [9.17, 15) is 19.2 Å². The Kier molecular flexibility index (Phi) is 9.37. The molecule has 0 bridgehead atoms. The van der Waals surface area contributed by atoms with Crippen LogP contribution in [-0.4, -0.2) is 58.7 Å². The summed E-state index contributed by atoms with van der Waals surface area (Å²) in [5, 5.41) is 16.0. The zero-order valence-electron chi connectivity index (χ0n) is 14.2. The van der Waals surface area contributed by atoms with Crippen LogP contribution in [-0.2, 0) is 19.2 Å². The lowest BCUT2D eigenvalue weighted by Crippen LogP contribution is -2.56. The quantitative estimate of drug-likeness (QED) is 0.274. The molecule has 9 nitrogen and oxygen atoms in total. The van der Waals surface area contributed by atoms with Crippen molar-refractivity contribution in [2.24, 2.45) is 11.7 Å². The molecule has 0 aromatic carbocycles. The van der Waals surface area contributed by atoms with Crippen molar-refractivity contribution in [3.05, 3.63) is 0 Å². The van der Waals surface area contributed by atoms with Crippen molar-refractivity contribution in [3.63, 3.8) is 0 Å². The Morgan fingerprint density at radius 3 is 1.71 bits per heavy atom. The normalized spacial score (nSPS) is 15.8. The van der Waals surface area contributed by atoms with Crippen LogP contribution in [0.15, 0.2) is 0 Å². The number of nitrogens with two attached hydrogens (primary N) is 1. The number of hydrogen-bond donors (Lipinski definition) is 6. The summed E-state index contributed by atoms with van der Waals surface area (Å²) in [5.74, 6) is -3.10. The highest BCUT2D eigenvalue weighted by Gasteiger charge is 2.26. The smallest absolute Gasteiger partial charge is 0.327 e. The maximum absolute atomic E-state index is 12.0. The van der Waals surface area contributed by atoms with Gasteiger partial charge in [0.2, 0.25) is 17.7 Å². The second kappa shape index (κ2) is 10.1. The van der Waals surface area contributed by atoms with Crippen molar-refractivity contribution in [1.29, 1.82) is 0 Å². The van der Waals surface area contributed by atoms with Gasteiger partial charge in [0.15, 0.2) is 0 Å². The van der Waals surface area contributed by atoms with E-state index in [0.717, 1.165) is 0 Å². The average Bonchev–Trinajstić information content (AvgIpc) is 2.50. The van der Waals surface area contributed by atoms with Gasteiger partial charge in [-0.2, -0.15) is 12.6 Å². The number of carboxylic acid groups (broad SMARTS) is 1. The summed E-state index contributed by atoms with van der Waals surface area (Å²) in [5.41, 5.74) is 5.69. The number of nitrogens with one attached hydrogen (secondary N) is 3. The number of hydrogen-bond acceptors (Lipinski definition) is 6. The molecule has 0 rings (SSSR count). The molecule has 0 saturated heterocycles. The Labute approximate surface area is 146 Å². The molecule has 138 valence electrons. The second-order valence-corrected chi connectivity index (χ2v) is 6.18. The molecule has 0 heterocycles. The van der Waals surface area contributed by atoms with Gasteiger partial charge in [0.05, 0.1) is 6.04 Å². The number of carboxylic acids is 1. The van der Waals surface area contributed by atoms with Crippen LogP contribution in [0.25, 0.3) is 0 Å². The predicted molar refractivity (Wildman–Crippen MR) is 91.4 cm³/mol. The first-order chi connectivity index (χ1) is 11.0. The zero-order valence-corrected chi connectivity index (χ0v) is 15.1. The van der Waals surface area contributed by atoms with Gasteiger partial charge in [-0.05, 0) is 19.8 Å². The van der Waals surface area contributed by atoms with Crippen molar-refractivity contribution in [3.8, 4) is 0 Å². The van der Waals surface area contributed by atoms with Crippen LogP contribution in [0.4, 0.5) is 0 Å². The molecule has 0 aromatic rings. The summed E-state index contributed by atoms with van der Waals surface area (Å²) >= 11 is 3.83. The highest BCUT2D eigenvalue weighted by atomic mass is 32.1. The highest BCUT2D eigenvalue weighted by molar-refractivity contribution is 7.80. The number of carbonyl (C=O) groups excluding carboxylic acids is 3. The van der Waals surface area contributed by atoms with Gasteiger partial charge in [-0.3, -0.25) is 14.4 Å². The minimum Gasteiger partial charge on any atom is -0.480 e. The monoisotopic (exact) mass is 362 g/mol. The zero-order chi connectivity index (χ0) is 19.0. The molecule has 4 atom stereocenters. The first-order valence-electron chi connectivity index (χ1n) is 7.51. The molecule has 0 aliphatic carbocycles. The van der Waals surface area contributed by atoms with Crippen LogP contribution in [0.2, 0.25) is 0 Å². The molecule has 0 aliphatic heterocycles.